The Morgan fingerprint density at radius 2 is 2.29 bits per heavy atom. The number of likely N-dealkylation sites (tertiary alicyclic amines) is 1. The van der Waals surface area contributed by atoms with Crippen LogP contribution in [0.2, 0.25) is 0 Å². The number of carbonyl (C=O) groups excluding carboxylic acids is 1. The van der Waals surface area contributed by atoms with Crippen molar-refractivity contribution in [2.24, 2.45) is 5.73 Å². The summed E-state index contributed by atoms with van der Waals surface area (Å²) in [7, 11) is 0. The lowest BCUT2D eigenvalue weighted by Crippen LogP contribution is -2.42. The van der Waals surface area contributed by atoms with E-state index in [1.165, 1.54) is 0 Å². The predicted molar refractivity (Wildman–Crippen MR) is 54.9 cm³/mol. The lowest BCUT2D eigenvalue weighted by molar-refractivity contribution is -0.131. The highest BCUT2D eigenvalue weighted by Gasteiger charge is 2.31. The minimum absolute atomic E-state index is 0.0000680. The molecule has 0 bridgehead atoms. The maximum atomic E-state index is 11.5. The summed E-state index contributed by atoms with van der Waals surface area (Å²) in [6.07, 6.45) is 0.474. The largest absolute Gasteiger partial charge is 0.374 e. The number of rotatable bonds is 4. The maximum absolute atomic E-state index is 11.5. The Labute approximate surface area is 85.4 Å². The molecule has 1 unspecified atom stereocenters. The Balaban J connectivity index is 2.47. The molecule has 0 aliphatic carbocycles. The normalized spacial score (nSPS) is 23.3. The Bertz CT molecular complexity index is 216. The fourth-order valence-corrected chi connectivity index (χ4v) is 1.85. The second kappa shape index (κ2) is 4.28. The van der Waals surface area contributed by atoms with Crippen LogP contribution in [0.5, 0.6) is 0 Å². The first kappa shape index (κ1) is 11.5. The monoisotopic (exact) mass is 200 g/mol. The van der Waals surface area contributed by atoms with Crippen LogP contribution in [-0.4, -0.2) is 42.1 Å². The minimum Gasteiger partial charge on any atom is -0.374 e. The highest BCUT2D eigenvalue weighted by Crippen LogP contribution is 2.16. The van der Waals surface area contributed by atoms with Crippen molar-refractivity contribution < 1.29 is 9.53 Å². The summed E-state index contributed by atoms with van der Waals surface area (Å²) in [5.41, 5.74) is 5.44. The lowest BCUT2D eigenvalue weighted by atomic mass is 10.1. The van der Waals surface area contributed by atoms with Crippen LogP contribution in [-0.2, 0) is 9.53 Å². The molecule has 4 heteroatoms. The first-order valence-electron chi connectivity index (χ1n) is 5.12. The standard InChI is InChI=1S/C10H20N2O2/c1-4-14-10(2,3)7-12-6-8(11)5-9(12)13/h8H,4-7,11H2,1-3H3. The van der Waals surface area contributed by atoms with Crippen LogP contribution in [0.3, 0.4) is 0 Å². The fourth-order valence-electron chi connectivity index (χ4n) is 1.85. The van der Waals surface area contributed by atoms with E-state index in [4.69, 9.17) is 10.5 Å². The Morgan fingerprint density at radius 3 is 2.71 bits per heavy atom. The van der Waals surface area contributed by atoms with Crippen LogP contribution in [0.1, 0.15) is 27.2 Å². The molecule has 1 heterocycles. The Morgan fingerprint density at radius 1 is 1.64 bits per heavy atom. The van der Waals surface area contributed by atoms with E-state index in [0.29, 0.717) is 26.1 Å². The molecule has 4 nitrogen and oxygen atoms in total. The molecule has 0 saturated carbocycles. The summed E-state index contributed by atoms with van der Waals surface area (Å²) in [4.78, 5) is 13.2. The number of nitrogens with two attached hydrogens (primary N) is 1. The van der Waals surface area contributed by atoms with E-state index >= 15 is 0 Å². The number of ether oxygens (including phenoxy) is 1. The van der Waals surface area contributed by atoms with Gasteiger partial charge in [0.15, 0.2) is 0 Å². The third-order valence-corrected chi connectivity index (χ3v) is 2.35. The molecule has 1 atom stereocenters. The van der Waals surface area contributed by atoms with Gasteiger partial charge in [0.1, 0.15) is 0 Å². The number of amides is 1. The zero-order chi connectivity index (χ0) is 10.8. The summed E-state index contributed by atoms with van der Waals surface area (Å²) in [5.74, 6) is 0.144. The number of hydrogen-bond donors (Lipinski definition) is 1. The highest BCUT2D eigenvalue weighted by atomic mass is 16.5. The van der Waals surface area contributed by atoms with Crippen LogP contribution in [0, 0.1) is 0 Å². The van der Waals surface area contributed by atoms with Crippen molar-refractivity contribution in [3.8, 4) is 0 Å². The summed E-state index contributed by atoms with van der Waals surface area (Å²) in [6.45, 7) is 7.91. The van der Waals surface area contributed by atoms with Gasteiger partial charge in [-0.1, -0.05) is 0 Å². The zero-order valence-electron chi connectivity index (χ0n) is 9.25. The summed E-state index contributed by atoms with van der Waals surface area (Å²) < 4.78 is 5.54. The molecule has 1 aliphatic rings. The van der Waals surface area contributed by atoms with Gasteiger partial charge >= 0.3 is 0 Å². The molecule has 0 aromatic heterocycles. The Hall–Kier alpha value is -0.610. The van der Waals surface area contributed by atoms with E-state index in [-0.39, 0.29) is 17.6 Å². The van der Waals surface area contributed by atoms with Gasteiger partial charge in [-0.3, -0.25) is 4.79 Å². The molecule has 0 aromatic rings. The minimum atomic E-state index is -0.269. The Kier molecular flexibility index (Phi) is 3.50. The van der Waals surface area contributed by atoms with Gasteiger partial charge in [-0.05, 0) is 20.8 Å². The van der Waals surface area contributed by atoms with Crippen LogP contribution >= 0.6 is 0 Å². The third-order valence-electron chi connectivity index (χ3n) is 2.35. The molecule has 0 aromatic carbocycles. The van der Waals surface area contributed by atoms with Gasteiger partial charge in [0.2, 0.25) is 5.91 Å². The molecule has 1 saturated heterocycles. The van der Waals surface area contributed by atoms with Gasteiger partial charge in [0, 0.05) is 32.2 Å². The van der Waals surface area contributed by atoms with Crippen LogP contribution in [0.4, 0.5) is 0 Å². The molecule has 1 fully saturated rings. The van der Waals surface area contributed by atoms with Gasteiger partial charge in [-0.25, -0.2) is 0 Å². The van der Waals surface area contributed by atoms with Gasteiger partial charge in [-0.2, -0.15) is 0 Å². The molecule has 0 spiro atoms. The topological polar surface area (TPSA) is 55.6 Å². The van der Waals surface area contributed by atoms with Crippen LogP contribution < -0.4 is 5.73 Å². The van der Waals surface area contributed by atoms with Gasteiger partial charge in [-0.15, -0.1) is 0 Å². The molecule has 2 N–H and O–H groups in total. The first-order chi connectivity index (χ1) is 6.44. The molecule has 1 aliphatic heterocycles. The van der Waals surface area contributed by atoms with Crippen molar-refractivity contribution >= 4 is 5.91 Å². The van der Waals surface area contributed by atoms with Crippen LogP contribution in [0.25, 0.3) is 0 Å². The van der Waals surface area contributed by atoms with E-state index in [9.17, 15) is 4.79 Å². The number of carbonyl (C=O) groups is 1. The van der Waals surface area contributed by atoms with E-state index in [1.807, 2.05) is 20.8 Å². The molecular formula is C10H20N2O2. The third kappa shape index (κ3) is 2.96. The second-order valence-electron chi connectivity index (χ2n) is 4.43. The van der Waals surface area contributed by atoms with E-state index in [0.717, 1.165) is 0 Å². The average Bonchev–Trinajstić information content (AvgIpc) is 2.28. The zero-order valence-corrected chi connectivity index (χ0v) is 9.25. The molecule has 14 heavy (non-hydrogen) atoms. The van der Waals surface area contributed by atoms with Crippen molar-refractivity contribution in [2.45, 2.75) is 38.8 Å². The molecular weight excluding hydrogens is 180 g/mol. The molecule has 1 amide bonds. The van der Waals surface area contributed by atoms with E-state index in [1.54, 1.807) is 4.90 Å². The van der Waals surface area contributed by atoms with E-state index < -0.39 is 0 Å². The maximum Gasteiger partial charge on any atom is 0.224 e. The van der Waals surface area contributed by atoms with Crippen molar-refractivity contribution in [3.05, 3.63) is 0 Å². The average molecular weight is 200 g/mol. The van der Waals surface area contributed by atoms with Crippen molar-refractivity contribution in [1.29, 1.82) is 0 Å². The molecule has 0 radical (unpaired) electrons. The first-order valence-corrected chi connectivity index (χ1v) is 5.12. The van der Waals surface area contributed by atoms with Gasteiger partial charge in [0.05, 0.1) is 5.60 Å². The summed E-state index contributed by atoms with van der Waals surface area (Å²) >= 11 is 0. The summed E-state index contributed by atoms with van der Waals surface area (Å²) in [5, 5.41) is 0. The summed E-state index contributed by atoms with van der Waals surface area (Å²) in [6, 6.07) is -0.0000680. The quantitative estimate of drug-likeness (QED) is 0.713. The lowest BCUT2D eigenvalue weighted by Gasteiger charge is -2.30. The van der Waals surface area contributed by atoms with E-state index in [2.05, 4.69) is 0 Å². The van der Waals surface area contributed by atoms with Crippen molar-refractivity contribution in [1.82, 2.24) is 4.90 Å². The number of nitrogens with zero attached hydrogens (tertiary/aromatic N) is 1. The highest BCUT2D eigenvalue weighted by molar-refractivity contribution is 5.79. The smallest absolute Gasteiger partial charge is 0.224 e. The van der Waals surface area contributed by atoms with Gasteiger partial charge < -0.3 is 15.4 Å². The number of hydrogen-bond acceptors (Lipinski definition) is 3. The van der Waals surface area contributed by atoms with Crippen molar-refractivity contribution in [3.63, 3.8) is 0 Å². The molecule has 82 valence electrons. The SMILES string of the molecule is CCOC(C)(C)CN1CC(N)CC1=O. The predicted octanol–water partition coefficient (Wildman–Crippen LogP) is 0.361. The molecule has 1 rings (SSSR count). The van der Waals surface area contributed by atoms with Gasteiger partial charge in [0.25, 0.3) is 0 Å². The van der Waals surface area contributed by atoms with Crippen molar-refractivity contribution in [2.75, 3.05) is 19.7 Å². The van der Waals surface area contributed by atoms with Crippen LogP contribution in [0.15, 0.2) is 0 Å². The fraction of sp³-hybridized carbons (Fsp3) is 0.900. The second-order valence-corrected chi connectivity index (χ2v) is 4.43.